The molecular formula is C24H24BrClN2O4S. The van der Waals surface area contributed by atoms with Crippen LogP contribution >= 0.6 is 27.5 Å². The molecule has 9 heteroatoms. The van der Waals surface area contributed by atoms with Crippen molar-refractivity contribution in [3.63, 3.8) is 0 Å². The Morgan fingerprint density at radius 3 is 2.33 bits per heavy atom. The minimum atomic E-state index is -3.96. The Bertz CT molecular complexity index is 1200. The van der Waals surface area contributed by atoms with E-state index < -0.39 is 15.9 Å². The zero-order valence-corrected chi connectivity index (χ0v) is 21.3. The summed E-state index contributed by atoms with van der Waals surface area (Å²) in [5.41, 5.74) is 1.55. The van der Waals surface area contributed by atoms with Crippen molar-refractivity contribution in [1.29, 1.82) is 0 Å². The lowest BCUT2D eigenvalue weighted by molar-refractivity contribution is -0.122. The minimum Gasteiger partial charge on any atom is -0.496 e. The van der Waals surface area contributed by atoms with Gasteiger partial charge in [-0.25, -0.2) is 8.42 Å². The zero-order valence-electron chi connectivity index (χ0n) is 18.2. The molecule has 3 aromatic rings. The first-order chi connectivity index (χ1) is 15.7. The van der Waals surface area contributed by atoms with E-state index in [2.05, 4.69) is 21.2 Å². The van der Waals surface area contributed by atoms with Crippen molar-refractivity contribution >= 4 is 43.5 Å². The van der Waals surface area contributed by atoms with Gasteiger partial charge in [0.05, 0.1) is 24.6 Å². The van der Waals surface area contributed by atoms with Gasteiger partial charge >= 0.3 is 0 Å². The molecule has 6 nitrogen and oxygen atoms in total. The zero-order chi connectivity index (χ0) is 24.0. The largest absolute Gasteiger partial charge is 0.496 e. The Hall–Kier alpha value is -2.39. The van der Waals surface area contributed by atoms with E-state index in [0.29, 0.717) is 10.8 Å². The number of carbonyl (C=O) groups excluding carboxylic acids is 1. The molecule has 0 spiro atoms. The van der Waals surface area contributed by atoms with Gasteiger partial charge in [0.25, 0.3) is 0 Å². The van der Waals surface area contributed by atoms with Crippen LogP contribution in [0.4, 0.5) is 0 Å². The summed E-state index contributed by atoms with van der Waals surface area (Å²) in [5.74, 6) is 0.217. The van der Waals surface area contributed by atoms with Crippen LogP contribution in [0, 0.1) is 0 Å². The summed E-state index contributed by atoms with van der Waals surface area (Å²) in [6.45, 7) is 1.51. The van der Waals surface area contributed by atoms with E-state index in [-0.39, 0.29) is 24.0 Å². The highest BCUT2D eigenvalue weighted by molar-refractivity contribution is 9.10. The molecule has 1 N–H and O–H groups in total. The highest BCUT2D eigenvalue weighted by Crippen LogP contribution is 2.25. The second-order valence-electron chi connectivity index (χ2n) is 7.38. The van der Waals surface area contributed by atoms with Crippen molar-refractivity contribution in [3.8, 4) is 5.75 Å². The molecule has 0 aliphatic carbocycles. The van der Waals surface area contributed by atoms with Gasteiger partial charge in [-0.05, 0) is 55.0 Å². The molecule has 0 bridgehead atoms. The third-order valence-corrected chi connectivity index (χ3v) is 7.61. The van der Waals surface area contributed by atoms with Crippen LogP contribution in [0.15, 0.2) is 82.2 Å². The average molecular weight is 552 g/mol. The third-order valence-electron chi connectivity index (χ3n) is 5.03. The van der Waals surface area contributed by atoms with Crippen molar-refractivity contribution in [1.82, 2.24) is 9.62 Å². The first-order valence-corrected chi connectivity index (χ1v) is 12.7. The quantitative estimate of drug-likeness (QED) is 0.398. The van der Waals surface area contributed by atoms with E-state index in [9.17, 15) is 13.2 Å². The number of ether oxygens (including phenoxy) is 1. The van der Waals surface area contributed by atoms with Gasteiger partial charge < -0.3 is 10.1 Å². The fraction of sp³-hybridized carbons (Fsp3) is 0.208. The van der Waals surface area contributed by atoms with Crippen molar-refractivity contribution in [2.75, 3.05) is 13.7 Å². The maximum Gasteiger partial charge on any atom is 0.243 e. The summed E-state index contributed by atoms with van der Waals surface area (Å²) >= 11 is 9.30. The minimum absolute atomic E-state index is 0.0364. The van der Waals surface area contributed by atoms with Crippen LogP contribution in [-0.4, -0.2) is 32.3 Å². The molecule has 33 heavy (non-hydrogen) atoms. The number of carbonyl (C=O) groups is 1. The van der Waals surface area contributed by atoms with Crippen molar-refractivity contribution in [2.45, 2.75) is 24.4 Å². The second-order valence-corrected chi connectivity index (χ2v) is 10.7. The number of para-hydroxylation sites is 1. The molecule has 0 unspecified atom stereocenters. The Morgan fingerprint density at radius 1 is 1.06 bits per heavy atom. The van der Waals surface area contributed by atoms with Crippen molar-refractivity contribution in [3.05, 3.63) is 93.4 Å². The summed E-state index contributed by atoms with van der Waals surface area (Å²) in [6.07, 6.45) is 0. The molecule has 3 aromatic carbocycles. The fourth-order valence-corrected chi connectivity index (χ4v) is 5.10. The smallest absolute Gasteiger partial charge is 0.243 e. The molecule has 0 radical (unpaired) electrons. The molecule has 0 saturated carbocycles. The van der Waals surface area contributed by atoms with Crippen LogP contribution in [-0.2, 0) is 21.4 Å². The summed E-state index contributed by atoms with van der Waals surface area (Å²) in [6, 6.07) is 20.1. The summed E-state index contributed by atoms with van der Waals surface area (Å²) < 4.78 is 34.2. The van der Waals surface area contributed by atoms with Gasteiger partial charge in [-0.3, -0.25) is 4.79 Å². The van der Waals surface area contributed by atoms with E-state index in [1.54, 1.807) is 7.11 Å². The van der Waals surface area contributed by atoms with E-state index in [0.717, 1.165) is 19.9 Å². The normalized spacial score (nSPS) is 12.4. The van der Waals surface area contributed by atoms with Crippen LogP contribution in [0.3, 0.4) is 0 Å². The van der Waals surface area contributed by atoms with Crippen molar-refractivity contribution < 1.29 is 17.9 Å². The van der Waals surface area contributed by atoms with Gasteiger partial charge in [-0.2, -0.15) is 4.31 Å². The number of hydrogen-bond acceptors (Lipinski definition) is 4. The highest BCUT2D eigenvalue weighted by atomic mass is 79.9. The summed E-state index contributed by atoms with van der Waals surface area (Å²) in [5, 5.41) is 3.30. The van der Waals surface area contributed by atoms with E-state index in [1.807, 2.05) is 55.5 Å². The molecule has 0 aliphatic heterocycles. The standard InChI is InChI=1S/C24H24BrClN2O4S/c1-17(22-5-3-4-6-23(22)32-2)27-24(29)16-28(15-18-7-9-19(25)10-8-18)33(30,31)21-13-11-20(26)12-14-21/h3-14,17H,15-16H2,1-2H3,(H,27,29)/t17-/m1/s1. The van der Waals surface area contributed by atoms with Gasteiger partial charge in [-0.1, -0.05) is 57.9 Å². The van der Waals surface area contributed by atoms with Crippen LogP contribution in [0.2, 0.25) is 5.02 Å². The van der Waals surface area contributed by atoms with Gasteiger partial charge in [-0.15, -0.1) is 0 Å². The van der Waals surface area contributed by atoms with Crippen molar-refractivity contribution in [2.24, 2.45) is 0 Å². The Labute approximate surface area is 207 Å². The number of nitrogens with one attached hydrogen (secondary N) is 1. The molecule has 1 atom stereocenters. The number of amides is 1. The molecule has 3 rings (SSSR count). The molecule has 0 heterocycles. The predicted octanol–water partition coefficient (Wildman–Crippen LogP) is 5.18. The number of halogens is 2. The van der Waals surface area contributed by atoms with E-state index >= 15 is 0 Å². The van der Waals surface area contributed by atoms with Crippen LogP contribution in [0.1, 0.15) is 24.1 Å². The van der Waals surface area contributed by atoms with Gasteiger partial charge in [0.2, 0.25) is 15.9 Å². The van der Waals surface area contributed by atoms with Crippen LogP contribution in [0.25, 0.3) is 0 Å². The van der Waals surface area contributed by atoms with Gasteiger partial charge in [0, 0.05) is 21.6 Å². The number of hydrogen-bond donors (Lipinski definition) is 1. The van der Waals surface area contributed by atoms with E-state index in [1.165, 1.54) is 24.3 Å². The monoisotopic (exact) mass is 550 g/mol. The number of nitrogens with zero attached hydrogens (tertiary/aromatic N) is 1. The SMILES string of the molecule is COc1ccccc1[C@@H](C)NC(=O)CN(Cc1ccc(Br)cc1)S(=O)(=O)c1ccc(Cl)cc1. The molecule has 0 saturated heterocycles. The first kappa shape index (κ1) is 25.2. The van der Waals surface area contributed by atoms with Crippen LogP contribution in [0.5, 0.6) is 5.75 Å². The lowest BCUT2D eigenvalue weighted by atomic mass is 10.1. The fourth-order valence-electron chi connectivity index (χ4n) is 3.32. The number of methoxy groups -OCH3 is 1. The molecule has 0 aliphatic rings. The molecule has 1 amide bonds. The van der Waals surface area contributed by atoms with Gasteiger partial charge in [0.15, 0.2) is 0 Å². The third kappa shape index (κ3) is 6.57. The lowest BCUT2D eigenvalue weighted by Crippen LogP contribution is -2.41. The molecular weight excluding hydrogens is 528 g/mol. The summed E-state index contributed by atoms with van der Waals surface area (Å²) in [4.78, 5) is 13.0. The second kappa shape index (κ2) is 11.2. The van der Waals surface area contributed by atoms with Gasteiger partial charge in [0.1, 0.15) is 5.75 Å². The summed E-state index contributed by atoms with van der Waals surface area (Å²) in [7, 11) is -2.40. The topological polar surface area (TPSA) is 75.7 Å². The molecule has 174 valence electrons. The number of rotatable bonds is 9. The lowest BCUT2D eigenvalue weighted by Gasteiger charge is -2.24. The predicted molar refractivity (Wildman–Crippen MR) is 133 cm³/mol. The molecule has 0 fully saturated rings. The maximum atomic E-state index is 13.4. The first-order valence-electron chi connectivity index (χ1n) is 10.1. The maximum absolute atomic E-state index is 13.4. The van der Waals surface area contributed by atoms with E-state index in [4.69, 9.17) is 16.3 Å². The number of sulfonamides is 1. The average Bonchev–Trinajstić information content (AvgIpc) is 2.80. The number of benzene rings is 3. The highest BCUT2D eigenvalue weighted by Gasteiger charge is 2.27. The Kier molecular flexibility index (Phi) is 8.53. The Morgan fingerprint density at radius 2 is 1.70 bits per heavy atom. The Balaban J connectivity index is 1.84. The van der Waals surface area contributed by atoms with Crippen LogP contribution < -0.4 is 10.1 Å². The molecule has 0 aromatic heterocycles.